The van der Waals surface area contributed by atoms with Crippen LogP contribution in [0.25, 0.3) is 0 Å². The molecule has 2 aliphatic rings. The molecule has 2 N–H and O–H groups in total. The van der Waals surface area contributed by atoms with E-state index in [-0.39, 0.29) is 5.54 Å². The summed E-state index contributed by atoms with van der Waals surface area (Å²) < 4.78 is 0. The van der Waals surface area contributed by atoms with Gasteiger partial charge in [-0.05, 0) is 57.8 Å². The number of fused-ring (bicyclic) bond motifs is 2. The van der Waals surface area contributed by atoms with Gasteiger partial charge in [0, 0.05) is 24.7 Å². The van der Waals surface area contributed by atoms with Crippen LogP contribution in [0.4, 0.5) is 0 Å². The molecule has 2 nitrogen and oxygen atoms in total. The highest BCUT2D eigenvalue weighted by atomic mass is 15.2. The Hall–Kier alpha value is -0.340. The van der Waals surface area contributed by atoms with E-state index >= 15 is 0 Å². The number of rotatable bonds is 4. The zero-order valence-electron chi connectivity index (χ0n) is 11.7. The number of hydrogen-bond donors (Lipinski definition) is 1. The third-order valence-corrected chi connectivity index (χ3v) is 4.89. The molecule has 4 atom stereocenters. The third kappa shape index (κ3) is 2.58. The lowest BCUT2D eigenvalue weighted by Crippen LogP contribution is -2.49. The Morgan fingerprint density at radius 1 is 1.29 bits per heavy atom. The van der Waals surface area contributed by atoms with Gasteiger partial charge >= 0.3 is 0 Å². The first-order valence-corrected chi connectivity index (χ1v) is 7.05. The van der Waals surface area contributed by atoms with Crippen molar-refractivity contribution in [2.75, 3.05) is 13.1 Å². The minimum atomic E-state index is 0.218. The number of nitrogens with zero attached hydrogens (tertiary/aromatic N) is 1. The van der Waals surface area contributed by atoms with Crippen molar-refractivity contribution in [2.24, 2.45) is 23.5 Å². The first-order valence-electron chi connectivity index (χ1n) is 7.05. The molecule has 0 saturated heterocycles. The van der Waals surface area contributed by atoms with E-state index in [1.807, 2.05) is 6.08 Å². The molecule has 0 amide bonds. The number of hydrogen-bond acceptors (Lipinski definition) is 2. The van der Waals surface area contributed by atoms with E-state index in [4.69, 9.17) is 5.73 Å². The fourth-order valence-electron chi connectivity index (χ4n) is 3.76. The van der Waals surface area contributed by atoms with Crippen LogP contribution < -0.4 is 5.73 Å². The van der Waals surface area contributed by atoms with E-state index in [0.717, 1.165) is 24.9 Å². The molecular weight excluding hydrogens is 208 g/mol. The van der Waals surface area contributed by atoms with Crippen molar-refractivity contribution >= 4 is 0 Å². The van der Waals surface area contributed by atoms with Crippen molar-refractivity contribution in [1.29, 1.82) is 0 Å². The molecule has 98 valence electrons. The van der Waals surface area contributed by atoms with Crippen molar-refractivity contribution in [3.05, 3.63) is 12.7 Å². The largest absolute Gasteiger partial charge is 0.327 e. The van der Waals surface area contributed by atoms with Crippen molar-refractivity contribution in [3.63, 3.8) is 0 Å². The van der Waals surface area contributed by atoms with Crippen LogP contribution in [-0.4, -0.2) is 29.6 Å². The minimum Gasteiger partial charge on any atom is -0.327 e. The van der Waals surface area contributed by atoms with Gasteiger partial charge in [-0.15, -0.1) is 6.58 Å². The molecule has 0 radical (unpaired) electrons. The summed E-state index contributed by atoms with van der Waals surface area (Å²) in [5, 5.41) is 0. The summed E-state index contributed by atoms with van der Waals surface area (Å²) in [5.41, 5.74) is 6.62. The molecule has 0 aromatic heterocycles. The zero-order chi connectivity index (χ0) is 12.6. The molecule has 2 rings (SSSR count). The predicted molar refractivity (Wildman–Crippen MR) is 73.8 cm³/mol. The SMILES string of the molecule is C=CCN(CC1C2CCC(C2)C1N)C(C)(C)C. The second kappa shape index (κ2) is 4.74. The van der Waals surface area contributed by atoms with E-state index in [0.29, 0.717) is 12.0 Å². The van der Waals surface area contributed by atoms with Gasteiger partial charge in [0.25, 0.3) is 0 Å². The lowest BCUT2D eigenvalue weighted by Gasteiger charge is -2.40. The van der Waals surface area contributed by atoms with E-state index in [2.05, 4.69) is 32.3 Å². The summed E-state index contributed by atoms with van der Waals surface area (Å²) >= 11 is 0. The Morgan fingerprint density at radius 2 is 1.94 bits per heavy atom. The van der Waals surface area contributed by atoms with Gasteiger partial charge in [0.1, 0.15) is 0 Å². The van der Waals surface area contributed by atoms with Gasteiger partial charge in [-0.2, -0.15) is 0 Å². The van der Waals surface area contributed by atoms with Gasteiger partial charge in [0.15, 0.2) is 0 Å². The minimum absolute atomic E-state index is 0.218. The van der Waals surface area contributed by atoms with Gasteiger partial charge in [-0.1, -0.05) is 6.08 Å². The van der Waals surface area contributed by atoms with E-state index in [9.17, 15) is 0 Å². The maximum Gasteiger partial charge on any atom is 0.0165 e. The zero-order valence-corrected chi connectivity index (χ0v) is 11.7. The smallest absolute Gasteiger partial charge is 0.0165 e. The molecule has 2 bridgehead atoms. The summed E-state index contributed by atoms with van der Waals surface area (Å²) in [5.74, 6) is 2.42. The predicted octanol–water partition coefficient (Wildman–Crippen LogP) is 2.65. The standard InChI is InChI=1S/C15H28N2/c1-5-8-17(15(2,3)4)10-13-11-6-7-12(9-11)14(13)16/h5,11-14H,1,6-10,16H2,2-4H3. The monoisotopic (exact) mass is 236 g/mol. The highest BCUT2D eigenvalue weighted by molar-refractivity contribution is 5.01. The second-order valence-electron chi connectivity index (χ2n) is 6.94. The Kier molecular flexibility index (Phi) is 3.65. The topological polar surface area (TPSA) is 29.3 Å². The quantitative estimate of drug-likeness (QED) is 0.760. The average molecular weight is 236 g/mol. The highest BCUT2D eigenvalue weighted by Crippen LogP contribution is 2.48. The first-order chi connectivity index (χ1) is 7.93. The summed E-state index contributed by atoms with van der Waals surface area (Å²) in [6, 6.07) is 0.448. The Bertz CT molecular complexity index is 277. The van der Waals surface area contributed by atoms with Crippen molar-refractivity contribution < 1.29 is 0 Å². The molecule has 17 heavy (non-hydrogen) atoms. The summed E-state index contributed by atoms with van der Waals surface area (Å²) in [6.45, 7) is 12.9. The summed E-state index contributed by atoms with van der Waals surface area (Å²) in [7, 11) is 0. The van der Waals surface area contributed by atoms with Crippen LogP contribution in [0.5, 0.6) is 0 Å². The average Bonchev–Trinajstić information content (AvgIpc) is 2.79. The van der Waals surface area contributed by atoms with Gasteiger partial charge in [0.2, 0.25) is 0 Å². The van der Waals surface area contributed by atoms with Crippen LogP contribution in [0, 0.1) is 17.8 Å². The van der Waals surface area contributed by atoms with Gasteiger partial charge in [0.05, 0.1) is 0 Å². The molecule has 0 heterocycles. The lowest BCUT2D eigenvalue weighted by molar-refractivity contribution is 0.103. The maximum atomic E-state index is 6.40. The summed E-state index contributed by atoms with van der Waals surface area (Å²) in [6.07, 6.45) is 6.19. The lowest BCUT2D eigenvalue weighted by atomic mass is 9.84. The third-order valence-electron chi connectivity index (χ3n) is 4.89. The van der Waals surface area contributed by atoms with Crippen LogP contribution in [-0.2, 0) is 0 Å². The first kappa shape index (κ1) is 13.1. The maximum absolute atomic E-state index is 6.40. The van der Waals surface area contributed by atoms with Crippen LogP contribution in [0.3, 0.4) is 0 Å². The summed E-state index contributed by atoms with van der Waals surface area (Å²) in [4.78, 5) is 2.53. The molecule has 0 aliphatic heterocycles. The van der Waals surface area contributed by atoms with E-state index in [1.165, 1.54) is 19.3 Å². The van der Waals surface area contributed by atoms with E-state index < -0.39 is 0 Å². The highest BCUT2D eigenvalue weighted by Gasteiger charge is 2.46. The fourth-order valence-corrected chi connectivity index (χ4v) is 3.76. The Balaban J connectivity index is 2.01. The van der Waals surface area contributed by atoms with E-state index in [1.54, 1.807) is 0 Å². The van der Waals surface area contributed by atoms with Crippen molar-refractivity contribution in [3.8, 4) is 0 Å². The molecule has 2 fully saturated rings. The molecule has 2 saturated carbocycles. The van der Waals surface area contributed by atoms with Crippen LogP contribution in [0.2, 0.25) is 0 Å². The normalized spacial score (nSPS) is 36.8. The second-order valence-corrected chi connectivity index (χ2v) is 6.94. The molecule has 2 aliphatic carbocycles. The fraction of sp³-hybridized carbons (Fsp3) is 0.867. The molecule has 0 aromatic rings. The van der Waals surface area contributed by atoms with Crippen molar-refractivity contribution in [2.45, 2.75) is 51.6 Å². The molecule has 4 unspecified atom stereocenters. The Morgan fingerprint density at radius 3 is 2.41 bits per heavy atom. The Labute approximate surface area is 106 Å². The number of nitrogens with two attached hydrogens (primary N) is 1. The molecule has 0 aromatic carbocycles. The molecule has 0 spiro atoms. The van der Waals surface area contributed by atoms with Crippen molar-refractivity contribution in [1.82, 2.24) is 4.90 Å². The van der Waals surface area contributed by atoms with Gasteiger partial charge in [-0.25, -0.2) is 0 Å². The van der Waals surface area contributed by atoms with Crippen LogP contribution >= 0.6 is 0 Å². The van der Waals surface area contributed by atoms with Gasteiger partial charge in [-0.3, -0.25) is 4.90 Å². The molecule has 2 heteroatoms. The van der Waals surface area contributed by atoms with Crippen LogP contribution in [0.15, 0.2) is 12.7 Å². The van der Waals surface area contributed by atoms with Crippen LogP contribution in [0.1, 0.15) is 40.0 Å². The van der Waals surface area contributed by atoms with Gasteiger partial charge < -0.3 is 5.73 Å². The molecular formula is C15H28N2.